The molecule has 0 spiro atoms. The molecule has 0 fully saturated rings. The lowest BCUT2D eigenvalue weighted by molar-refractivity contribution is 0.405. The number of hydrogen-bond donors (Lipinski definition) is 2. The molecule has 0 atom stereocenters. The third kappa shape index (κ3) is 4.12. The molecule has 0 saturated carbocycles. The van der Waals surface area contributed by atoms with E-state index in [-0.39, 0.29) is 0 Å². The Kier molecular flexibility index (Phi) is 5.14. The van der Waals surface area contributed by atoms with Crippen LogP contribution in [0.1, 0.15) is 12.0 Å². The van der Waals surface area contributed by atoms with Gasteiger partial charge in [-0.05, 0) is 39.2 Å². The predicted octanol–water partition coefficient (Wildman–Crippen LogP) is 1.08. The molecule has 0 aliphatic heterocycles. The maximum Gasteiger partial charge on any atom is 0.136 e. The zero-order chi connectivity index (χ0) is 12.0. The summed E-state index contributed by atoms with van der Waals surface area (Å²) in [4.78, 5) is 6.75. The van der Waals surface area contributed by atoms with Crippen LogP contribution in [0.3, 0.4) is 0 Å². The molecule has 1 aromatic rings. The minimum absolute atomic E-state index is 0.378. The third-order valence-corrected chi connectivity index (χ3v) is 2.37. The first-order valence-electron chi connectivity index (χ1n) is 5.24. The second kappa shape index (κ2) is 6.40. The molecule has 1 rings (SSSR count). The minimum Gasteiger partial charge on any atom is -0.389 e. The molecule has 0 aliphatic carbocycles. The molecule has 0 saturated heterocycles. The van der Waals surface area contributed by atoms with Crippen LogP contribution in [0.25, 0.3) is 0 Å². The van der Waals surface area contributed by atoms with Crippen molar-refractivity contribution in [1.29, 1.82) is 0 Å². The number of anilines is 1. The molecule has 0 bridgehead atoms. The number of nitrogens with one attached hydrogen (secondary N) is 1. The fourth-order valence-corrected chi connectivity index (χ4v) is 1.51. The van der Waals surface area contributed by atoms with E-state index in [4.69, 9.17) is 18.0 Å². The molecule has 0 radical (unpaired) electrons. The van der Waals surface area contributed by atoms with E-state index in [1.165, 1.54) is 0 Å². The minimum atomic E-state index is 0.378. The Morgan fingerprint density at radius 3 is 2.94 bits per heavy atom. The van der Waals surface area contributed by atoms with E-state index >= 15 is 0 Å². The van der Waals surface area contributed by atoms with E-state index in [1.807, 2.05) is 12.1 Å². The summed E-state index contributed by atoms with van der Waals surface area (Å²) in [5, 5.41) is 3.24. The molecule has 0 unspecified atom stereocenters. The Bertz CT molecular complexity index is 352. The van der Waals surface area contributed by atoms with Crippen LogP contribution >= 0.6 is 12.2 Å². The van der Waals surface area contributed by atoms with Crippen molar-refractivity contribution in [2.24, 2.45) is 5.73 Å². The standard InChI is InChI=1S/C11H18N4S/c1-15(2)8-4-7-14-11-9(10(12)16)5-3-6-13-11/h3,5-6H,4,7-8H2,1-2H3,(H2,12,16)(H,13,14). The number of pyridine rings is 1. The highest BCUT2D eigenvalue weighted by Gasteiger charge is 2.04. The Morgan fingerprint density at radius 1 is 1.56 bits per heavy atom. The van der Waals surface area contributed by atoms with Gasteiger partial charge in [-0.25, -0.2) is 4.98 Å². The molecule has 0 aromatic carbocycles. The quantitative estimate of drug-likeness (QED) is 0.574. The number of nitrogens with zero attached hydrogens (tertiary/aromatic N) is 2. The monoisotopic (exact) mass is 238 g/mol. The van der Waals surface area contributed by atoms with Gasteiger partial charge in [-0.2, -0.15) is 0 Å². The van der Waals surface area contributed by atoms with Crippen LogP contribution in [0.15, 0.2) is 18.3 Å². The average Bonchev–Trinajstić information content (AvgIpc) is 2.24. The van der Waals surface area contributed by atoms with E-state index in [0.29, 0.717) is 4.99 Å². The van der Waals surface area contributed by atoms with Gasteiger partial charge in [-0.15, -0.1) is 0 Å². The number of thiocarbonyl (C=S) groups is 1. The first-order chi connectivity index (χ1) is 7.61. The normalized spacial score (nSPS) is 10.4. The van der Waals surface area contributed by atoms with Crippen molar-refractivity contribution in [2.45, 2.75) is 6.42 Å². The zero-order valence-corrected chi connectivity index (χ0v) is 10.5. The first kappa shape index (κ1) is 12.9. The van der Waals surface area contributed by atoms with Gasteiger partial charge in [-0.1, -0.05) is 12.2 Å². The highest BCUT2D eigenvalue weighted by Crippen LogP contribution is 2.10. The van der Waals surface area contributed by atoms with Crippen molar-refractivity contribution in [3.8, 4) is 0 Å². The fourth-order valence-electron chi connectivity index (χ4n) is 1.35. The van der Waals surface area contributed by atoms with Gasteiger partial charge >= 0.3 is 0 Å². The highest BCUT2D eigenvalue weighted by atomic mass is 32.1. The van der Waals surface area contributed by atoms with E-state index in [0.717, 1.165) is 30.9 Å². The summed E-state index contributed by atoms with van der Waals surface area (Å²) in [6, 6.07) is 3.71. The number of hydrogen-bond acceptors (Lipinski definition) is 4. The predicted molar refractivity (Wildman–Crippen MR) is 71.8 cm³/mol. The average molecular weight is 238 g/mol. The molecular weight excluding hydrogens is 220 g/mol. The third-order valence-electron chi connectivity index (χ3n) is 2.15. The van der Waals surface area contributed by atoms with Crippen molar-refractivity contribution in [2.75, 3.05) is 32.5 Å². The lowest BCUT2D eigenvalue weighted by Gasteiger charge is -2.12. The Balaban J connectivity index is 2.50. The topological polar surface area (TPSA) is 54.2 Å². The summed E-state index contributed by atoms with van der Waals surface area (Å²) in [7, 11) is 4.11. The Morgan fingerprint density at radius 2 is 2.31 bits per heavy atom. The van der Waals surface area contributed by atoms with Gasteiger partial charge in [0.05, 0.1) is 5.56 Å². The summed E-state index contributed by atoms with van der Waals surface area (Å²) in [6.45, 7) is 1.91. The maximum atomic E-state index is 5.61. The van der Waals surface area contributed by atoms with Gasteiger partial charge in [-0.3, -0.25) is 0 Å². The molecule has 1 aromatic heterocycles. The Hall–Kier alpha value is -1.20. The summed E-state index contributed by atoms with van der Waals surface area (Å²) < 4.78 is 0. The molecule has 4 nitrogen and oxygen atoms in total. The Labute approximate surface area is 102 Å². The van der Waals surface area contributed by atoms with Crippen LogP contribution in [0, 0.1) is 0 Å². The van der Waals surface area contributed by atoms with Crippen LogP contribution in [0.2, 0.25) is 0 Å². The van der Waals surface area contributed by atoms with E-state index in [2.05, 4.69) is 29.3 Å². The molecule has 16 heavy (non-hydrogen) atoms. The van der Waals surface area contributed by atoms with Crippen LogP contribution in [0.4, 0.5) is 5.82 Å². The molecule has 5 heteroatoms. The molecule has 1 heterocycles. The number of rotatable bonds is 6. The SMILES string of the molecule is CN(C)CCCNc1ncccc1C(N)=S. The van der Waals surface area contributed by atoms with Gasteiger partial charge in [0.1, 0.15) is 10.8 Å². The molecule has 0 amide bonds. The second-order valence-electron chi connectivity index (χ2n) is 3.85. The number of aromatic nitrogens is 1. The smallest absolute Gasteiger partial charge is 0.136 e. The van der Waals surface area contributed by atoms with E-state index in [1.54, 1.807) is 6.20 Å². The van der Waals surface area contributed by atoms with Crippen molar-refractivity contribution in [1.82, 2.24) is 9.88 Å². The van der Waals surface area contributed by atoms with Crippen molar-refractivity contribution < 1.29 is 0 Å². The number of nitrogens with two attached hydrogens (primary N) is 1. The zero-order valence-electron chi connectivity index (χ0n) is 9.73. The summed E-state index contributed by atoms with van der Waals surface area (Å²) >= 11 is 4.96. The largest absolute Gasteiger partial charge is 0.389 e. The van der Waals surface area contributed by atoms with E-state index in [9.17, 15) is 0 Å². The second-order valence-corrected chi connectivity index (χ2v) is 4.29. The van der Waals surface area contributed by atoms with Crippen LogP contribution in [0.5, 0.6) is 0 Å². The van der Waals surface area contributed by atoms with Crippen LogP contribution in [-0.2, 0) is 0 Å². The maximum absolute atomic E-state index is 5.61. The fraction of sp³-hybridized carbons (Fsp3) is 0.455. The lowest BCUT2D eigenvalue weighted by Crippen LogP contribution is -2.18. The molecular formula is C11H18N4S. The van der Waals surface area contributed by atoms with Crippen molar-refractivity contribution in [3.63, 3.8) is 0 Å². The van der Waals surface area contributed by atoms with Crippen molar-refractivity contribution >= 4 is 23.0 Å². The van der Waals surface area contributed by atoms with Gasteiger partial charge in [0, 0.05) is 12.7 Å². The van der Waals surface area contributed by atoms with Gasteiger partial charge < -0.3 is 16.0 Å². The highest BCUT2D eigenvalue weighted by molar-refractivity contribution is 7.80. The first-order valence-corrected chi connectivity index (χ1v) is 5.65. The lowest BCUT2D eigenvalue weighted by atomic mass is 10.2. The van der Waals surface area contributed by atoms with Gasteiger partial charge in [0.25, 0.3) is 0 Å². The van der Waals surface area contributed by atoms with Gasteiger partial charge in [0.15, 0.2) is 0 Å². The van der Waals surface area contributed by atoms with Crippen LogP contribution in [-0.4, -0.2) is 42.1 Å². The van der Waals surface area contributed by atoms with Crippen molar-refractivity contribution in [3.05, 3.63) is 23.9 Å². The van der Waals surface area contributed by atoms with E-state index < -0.39 is 0 Å². The van der Waals surface area contributed by atoms with Gasteiger partial charge in [0.2, 0.25) is 0 Å². The summed E-state index contributed by atoms with van der Waals surface area (Å²) in [6.07, 6.45) is 2.79. The molecule has 0 aliphatic rings. The summed E-state index contributed by atoms with van der Waals surface area (Å²) in [5.41, 5.74) is 6.42. The molecule has 88 valence electrons. The van der Waals surface area contributed by atoms with Crippen LogP contribution < -0.4 is 11.1 Å². The summed E-state index contributed by atoms with van der Waals surface area (Å²) in [5.74, 6) is 0.772. The molecule has 3 N–H and O–H groups in total.